The molecule has 1 amide bonds. The molecule has 1 aliphatic rings. The molecule has 1 fully saturated rings. The Morgan fingerprint density at radius 3 is 2.55 bits per heavy atom. The van der Waals surface area contributed by atoms with Crippen molar-refractivity contribution in [3.63, 3.8) is 0 Å². The second kappa shape index (κ2) is 7.21. The Labute approximate surface area is 123 Å². The highest BCUT2D eigenvalue weighted by molar-refractivity contribution is 5.85. The summed E-state index contributed by atoms with van der Waals surface area (Å²) in [7, 11) is 0. The molecular formula is C13H18ClN3O3. The Balaban J connectivity index is 0.00000200. The Bertz CT molecular complexity index is 478. The lowest BCUT2D eigenvalue weighted by Gasteiger charge is -2.26. The molecule has 110 valence electrons. The van der Waals surface area contributed by atoms with Gasteiger partial charge in [0.05, 0.1) is 11.0 Å². The Kier molecular flexibility index (Phi) is 5.91. The highest BCUT2D eigenvalue weighted by atomic mass is 35.5. The van der Waals surface area contributed by atoms with Gasteiger partial charge in [-0.05, 0) is 17.9 Å². The number of nitrogens with zero attached hydrogens (tertiary/aromatic N) is 1. The van der Waals surface area contributed by atoms with E-state index in [1.807, 2.05) is 6.92 Å². The normalized spacial score (nSPS) is 19.6. The summed E-state index contributed by atoms with van der Waals surface area (Å²) >= 11 is 0. The lowest BCUT2D eigenvalue weighted by atomic mass is 9.93. The van der Waals surface area contributed by atoms with Gasteiger partial charge in [-0.15, -0.1) is 12.4 Å². The molecule has 0 aromatic heterocycles. The van der Waals surface area contributed by atoms with Crippen molar-refractivity contribution in [3.05, 3.63) is 39.9 Å². The van der Waals surface area contributed by atoms with Crippen LogP contribution < -0.4 is 10.6 Å². The van der Waals surface area contributed by atoms with E-state index in [-0.39, 0.29) is 36.0 Å². The average molecular weight is 300 g/mol. The van der Waals surface area contributed by atoms with E-state index in [0.717, 1.165) is 12.1 Å². The Hall–Kier alpha value is -1.66. The summed E-state index contributed by atoms with van der Waals surface area (Å²) < 4.78 is 0. The zero-order chi connectivity index (χ0) is 13.8. The van der Waals surface area contributed by atoms with Crippen molar-refractivity contribution >= 4 is 24.0 Å². The predicted molar refractivity (Wildman–Crippen MR) is 78.2 cm³/mol. The fourth-order valence-electron chi connectivity index (χ4n) is 2.25. The zero-order valence-electron chi connectivity index (χ0n) is 11.2. The standard InChI is InChI=1S/C13H17N3O3.ClH/c1-9(8-12-13(17)15-7-6-14-12)10-2-4-11(5-3-10)16(18)19;/h2-5,9,12,14H,6-8H2,1H3,(H,15,17);1H. The molecular weight excluding hydrogens is 282 g/mol. The molecule has 0 saturated carbocycles. The minimum absolute atomic E-state index is 0. The van der Waals surface area contributed by atoms with Crippen LogP contribution in [0.4, 0.5) is 5.69 Å². The molecule has 1 saturated heterocycles. The first kappa shape index (κ1) is 16.4. The number of nitro groups is 1. The van der Waals surface area contributed by atoms with Crippen molar-refractivity contribution in [3.8, 4) is 0 Å². The summed E-state index contributed by atoms with van der Waals surface area (Å²) in [6.45, 7) is 3.47. The Morgan fingerprint density at radius 2 is 2.00 bits per heavy atom. The average Bonchev–Trinajstić information content (AvgIpc) is 2.41. The minimum atomic E-state index is -0.412. The van der Waals surface area contributed by atoms with Crippen molar-refractivity contribution in [1.29, 1.82) is 0 Å². The maximum absolute atomic E-state index is 11.6. The first-order valence-corrected chi connectivity index (χ1v) is 6.33. The number of hydrogen-bond acceptors (Lipinski definition) is 4. The molecule has 1 heterocycles. The molecule has 0 bridgehead atoms. The van der Waals surface area contributed by atoms with Gasteiger partial charge in [-0.25, -0.2) is 0 Å². The molecule has 0 spiro atoms. The van der Waals surface area contributed by atoms with E-state index in [0.29, 0.717) is 13.0 Å². The van der Waals surface area contributed by atoms with Crippen LogP contribution in [0.5, 0.6) is 0 Å². The van der Waals surface area contributed by atoms with Crippen LogP contribution >= 0.6 is 12.4 Å². The highest BCUT2D eigenvalue weighted by Crippen LogP contribution is 2.23. The van der Waals surface area contributed by atoms with E-state index in [1.54, 1.807) is 12.1 Å². The van der Waals surface area contributed by atoms with Crippen molar-refractivity contribution in [1.82, 2.24) is 10.6 Å². The number of carbonyl (C=O) groups excluding carboxylic acids is 1. The van der Waals surface area contributed by atoms with Crippen LogP contribution in [0.15, 0.2) is 24.3 Å². The van der Waals surface area contributed by atoms with Gasteiger partial charge in [-0.2, -0.15) is 0 Å². The first-order valence-electron chi connectivity index (χ1n) is 6.33. The number of hydrogen-bond donors (Lipinski definition) is 2. The van der Waals surface area contributed by atoms with Crippen molar-refractivity contribution in [2.75, 3.05) is 13.1 Å². The number of amides is 1. The second-order valence-corrected chi connectivity index (χ2v) is 4.78. The van der Waals surface area contributed by atoms with Crippen LogP contribution in [-0.2, 0) is 4.79 Å². The van der Waals surface area contributed by atoms with Gasteiger partial charge in [0, 0.05) is 25.2 Å². The summed E-state index contributed by atoms with van der Waals surface area (Å²) in [5.41, 5.74) is 1.09. The van der Waals surface area contributed by atoms with Crippen LogP contribution in [0, 0.1) is 10.1 Å². The predicted octanol–water partition coefficient (Wildman–Crippen LogP) is 1.60. The van der Waals surface area contributed by atoms with Crippen LogP contribution in [-0.4, -0.2) is 30.0 Å². The number of nitro benzene ring substituents is 1. The quantitative estimate of drug-likeness (QED) is 0.653. The van der Waals surface area contributed by atoms with E-state index in [4.69, 9.17) is 0 Å². The summed E-state index contributed by atoms with van der Waals surface area (Å²) in [5.74, 6) is 0.196. The number of benzene rings is 1. The topological polar surface area (TPSA) is 84.3 Å². The molecule has 2 atom stereocenters. The van der Waals surface area contributed by atoms with Gasteiger partial charge in [0.1, 0.15) is 0 Å². The number of rotatable bonds is 4. The molecule has 0 radical (unpaired) electrons. The lowest BCUT2D eigenvalue weighted by Crippen LogP contribution is -2.53. The molecule has 1 aromatic rings. The fraction of sp³-hybridized carbons (Fsp3) is 0.462. The van der Waals surface area contributed by atoms with E-state index in [1.165, 1.54) is 12.1 Å². The number of nitrogens with one attached hydrogen (secondary N) is 2. The SMILES string of the molecule is CC(CC1NCCNC1=O)c1ccc([N+](=O)[O-])cc1.Cl. The minimum Gasteiger partial charge on any atom is -0.353 e. The summed E-state index contributed by atoms with van der Waals surface area (Å²) in [6, 6.07) is 6.33. The first-order chi connectivity index (χ1) is 9.08. The summed E-state index contributed by atoms with van der Waals surface area (Å²) in [5, 5.41) is 16.6. The molecule has 2 unspecified atom stereocenters. The van der Waals surface area contributed by atoms with E-state index in [2.05, 4.69) is 10.6 Å². The van der Waals surface area contributed by atoms with Crippen molar-refractivity contribution in [2.45, 2.75) is 25.3 Å². The molecule has 7 heteroatoms. The molecule has 6 nitrogen and oxygen atoms in total. The summed E-state index contributed by atoms with van der Waals surface area (Å²) in [4.78, 5) is 21.8. The zero-order valence-corrected chi connectivity index (χ0v) is 12.0. The molecule has 1 aromatic carbocycles. The lowest BCUT2D eigenvalue weighted by molar-refractivity contribution is -0.384. The molecule has 2 N–H and O–H groups in total. The molecule has 1 aliphatic heterocycles. The van der Waals surface area contributed by atoms with Crippen LogP contribution in [0.1, 0.15) is 24.8 Å². The fourth-order valence-corrected chi connectivity index (χ4v) is 2.25. The van der Waals surface area contributed by atoms with E-state index < -0.39 is 4.92 Å². The third kappa shape index (κ3) is 3.91. The number of carbonyl (C=O) groups is 1. The van der Waals surface area contributed by atoms with Gasteiger partial charge < -0.3 is 10.6 Å². The van der Waals surface area contributed by atoms with Gasteiger partial charge >= 0.3 is 0 Å². The number of halogens is 1. The van der Waals surface area contributed by atoms with E-state index >= 15 is 0 Å². The maximum atomic E-state index is 11.6. The number of piperazine rings is 1. The largest absolute Gasteiger partial charge is 0.353 e. The molecule has 0 aliphatic carbocycles. The van der Waals surface area contributed by atoms with Crippen LogP contribution in [0.2, 0.25) is 0 Å². The van der Waals surface area contributed by atoms with Crippen molar-refractivity contribution < 1.29 is 9.72 Å². The second-order valence-electron chi connectivity index (χ2n) is 4.78. The van der Waals surface area contributed by atoms with Gasteiger partial charge in [0.2, 0.25) is 5.91 Å². The van der Waals surface area contributed by atoms with Gasteiger partial charge in [0.15, 0.2) is 0 Å². The van der Waals surface area contributed by atoms with E-state index in [9.17, 15) is 14.9 Å². The van der Waals surface area contributed by atoms with Gasteiger partial charge in [0.25, 0.3) is 5.69 Å². The van der Waals surface area contributed by atoms with Gasteiger partial charge in [-0.3, -0.25) is 14.9 Å². The maximum Gasteiger partial charge on any atom is 0.269 e. The monoisotopic (exact) mass is 299 g/mol. The third-order valence-corrected chi connectivity index (χ3v) is 3.39. The highest BCUT2D eigenvalue weighted by Gasteiger charge is 2.24. The van der Waals surface area contributed by atoms with Crippen LogP contribution in [0.25, 0.3) is 0 Å². The smallest absolute Gasteiger partial charge is 0.269 e. The van der Waals surface area contributed by atoms with Crippen molar-refractivity contribution in [2.24, 2.45) is 0 Å². The molecule has 20 heavy (non-hydrogen) atoms. The summed E-state index contributed by atoms with van der Waals surface area (Å²) in [6.07, 6.45) is 0.684. The van der Waals surface area contributed by atoms with Crippen LogP contribution in [0.3, 0.4) is 0 Å². The number of non-ortho nitro benzene ring substituents is 1. The Morgan fingerprint density at radius 1 is 1.35 bits per heavy atom. The van der Waals surface area contributed by atoms with Gasteiger partial charge in [-0.1, -0.05) is 19.1 Å². The third-order valence-electron chi connectivity index (χ3n) is 3.39. The molecule has 2 rings (SSSR count).